The van der Waals surface area contributed by atoms with Crippen molar-refractivity contribution in [2.24, 2.45) is 0 Å². The number of rotatable bonds is 2. The Morgan fingerprint density at radius 3 is 3.00 bits per heavy atom. The van der Waals surface area contributed by atoms with Gasteiger partial charge in [0.15, 0.2) is 0 Å². The summed E-state index contributed by atoms with van der Waals surface area (Å²) in [6.45, 7) is 2.11. The first-order chi connectivity index (χ1) is 8.79. The molecule has 0 bridgehead atoms. The van der Waals surface area contributed by atoms with Crippen molar-refractivity contribution in [2.45, 2.75) is 24.9 Å². The highest BCUT2D eigenvalue weighted by molar-refractivity contribution is 7.98. The van der Waals surface area contributed by atoms with Gasteiger partial charge in [-0.05, 0) is 12.0 Å². The van der Waals surface area contributed by atoms with Gasteiger partial charge >= 0.3 is 0 Å². The van der Waals surface area contributed by atoms with Gasteiger partial charge in [-0.3, -0.25) is 4.79 Å². The minimum Gasteiger partial charge on any atom is -0.306 e. The minimum absolute atomic E-state index is 0.0194. The molecule has 0 saturated heterocycles. The van der Waals surface area contributed by atoms with Crippen LogP contribution in [0.15, 0.2) is 29.1 Å². The first-order valence-corrected chi connectivity index (χ1v) is 7.23. The Kier molecular flexibility index (Phi) is 2.96. The summed E-state index contributed by atoms with van der Waals surface area (Å²) in [6.07, 6.45) is 0.936. The standard InChI is InChI=1S/C14H14N2OS/c1-2-9-5-3-4-6-10(9)13-15-12-8-18-7-11(12)14(17)16-13/h3-6H,2,7-8H2,1H3,(H,15,16,17). The number of benzene rings is 1. The number of hydrogen-bond donors (Lipinski definition) is 1. The largest absolute Gasteiger partial charge is 0.306 e. The molecule has 0 saturated carbocycles. The van der Waals surface area contributed by atoms with Crippen molar-refractivity contribution in [3.63, 3.8) is 0 Å². The molecule has 4 heteroatoms. The number of nitrogens with zero attached hydrogens (tertiary/aromatic N) is 1. The third kappa shape index (κ3) is 1.86. The lowest BCUT2D eigenvalue weighted by Gasteiger charge is -2.08. The topological polar surface area (TPSA) is 45.8 Å². The maximum absolute atomic E-state index is 12.0. The Labute approximate surface area is 110 Å². The fraction of sp³-hybridized carbons (Fsp3) is 0.286. The zero-order valence-electron chi connectivity index (χ0n) is 10.2. The second-order valence-electron chi connectivity index (χ2n) is 4.34. The molecule has 0 spiro atoms. The number of fused-ring (bicyclic) bond motifs is 1. The number of aromatic amines is 1. The van der Waals surface area contributed by atoms with Gasteiger partial charge < -0.3 is 4.98 Å². The Hall–Kier alpha value is -1.55. The second-order valence-corrected chi connectivity index (χ2v) is 5.33. The van der Waals surface area contributed by atoms with Crippen molar-refractivity contribution in [1.82, 2.24) is 9.97 Å². The van der Waals surface area contributed by atoms with Crippen LogP contribution in [0.1, 0.15) is 23.7 Å². The highest BCUT2D eigenvalue weighted by Gasteiger charge is 2.18. The maximum atomic E-state index is 12.0. The Bertz CT molecular complexity index is 648. The van der Waals surface area contributed by atoms with Crippen LogP contribution in [-0.2, 0) is 17.9 Å². The van der Waals surface area contributed by atoms with E-state index < -0.39 is 0 Å². The average Bonchev–Trinajstić information content (AvgIpc) is 2.87. The van der Waals surface area contributed by atoms with Crippen LogP contribution >= 0.6 is 11.8 Å². The lowest BCUT2D eigenvalue weighted by atomic mass is 10.0. The van der Waals surface area contributed by atoms with E-state index in [0.717, 1.165) is 34.7 Å². The molecule has 1 aliphatic rings. The summed E-state index contributed by atoms with van der Waals surface area (Å²) in [4.78, 5) is 19.5. The summed E-state index contributed by atoms with van der Waals surface area (Å²) in [5, 5.41) is 0. The van der Waals surface area contributed by atoms with Gasteiger partial charge in [-0.2, -0.15) is 11.8 Å². The molecule has 1 aliphatic heterocycles. The first-order valence-electron chi connectivity index (χ1n) is 6.07. The molecule has 2 heterocycles. The van der Waals surface area contributed by atoms with Crippen LogP contribution in [0.4, 0.5) is 0 Å². The van der Waals surface area contributed by atoms with Crippen molar-refractivity contribution in [2.75, 3.05) is 0 Å². The van der Waals surface area contributed by atoms with Gasteiger partial charge in [0.2, 0.25) is 0 Å². The van der Waals surface area contributed by atoms with Crippen LogP contribution in [-0.4, -0.2) is 9.97 Å². The molecule has 0 fully saturated rings. The van der Waals surface area contributed by atoms with E-state index in [1.54, 1.807) is 11.8 Å². The predicted molar refractivity (Wildman–Crippen MR) is 74.7 cm³/mol. The summed E-state index contributed by atoms with van der Waals surface area (Å²) in [6, 6.07) is 8.10. The number of thioether (sulfide) groups is 1. The molecule has 1 aromatic heterocycles. The lowest BCUT2D eigenvalue weighted by Crippen LogP contribution is -2.15. The van der Waals surface area contributed by atoms with Crippen LogP contribution in [0.25, 0.3) is 11.4 Å². The Balaban J connectivity index is 2.18. The van der Waals surface area contributed by atoms with Crippen molar-refractivity contribution >= 4 is 11.8 Å². The van der Waals surface area contributed by atoms with E-state index in [1.807, 2.05) is 18.2 Å². The van der Waals surface area contributed by atoms with Crippen LogP contribution < -0.4 is 5.56 Å². The third-order valence-electron chi connectivity index (χ3n) is 3.24. The smallest absolute Gasteiger partial charge is 0.255 e. The first kappa shape index (κ1) is 11.5. The average molecular weight is 258 g/mol. The summed E-state index contributed by atoms with van der Waals surface area (Å²) >= 11 is 1.75. The predicted octanol–water partition coefficient (Wildman–Crippen LogP) is 2.75. The van der Waals surface area contributed by atoms with Crippen LogP contribution in [0.3, 0.4) is 0 Å². The zero-order valence-corrected chi connectivity index (χ0v) is 11.0. The molecule has 0 atom stereocenters. The van der Waals surface area contributed by atoms with E-state index in [-0.39, 0.29) is 5.56 Å². The lowest BCUT2D eigenvalue weighted by molar-refractivity contribution is 1.02. The second kappa shape index (κ2) is 4.61. The molecule has 18 heavy (non-hydrogen) atoms. The number of nitrogens with one attached hydrogen (secondary N) is 1. The van der Waals surface area contributed by atoms with E-state index in [1.165, 1.54) is 5.56 Å². The number of H-pyrrole nitrogens is 1. The molecule has 92 valence electrons. The van der Waals surface area contributed by atoms with Crippen molar-refractivity contribution in [3.05, 3.63) is 51.4 Å². The SMILES string of the molecule is CCc1ccccc1-c1nc2c(c(=O)[nH]1)CSC2. The number of hydrogen-bond acceptors (Lipinski definition) is 3. The summed E-state index contributed by atoms with van der Waals surface area (Å²) < 4.78 is 0. The fourth-order valence-electron chi connectivity index (χ4n) is 2.25. The summed E-state index contributed by atoms with van der Waals surface area (Å²) in [5.74, 6) is 2.34. The van der Waals surface area contributed by atoms with E-state index in [0.29, 0.717) is 5.82 Å². The minimum atomic E-state index is 0.0194. The Morgan fingerprint density at radius 2 is 2.17 bits per heavy atom. The molecule has 0 unspecified atom stereocenters. The van der Waals surface area contributed by atoms with Crippen molar-refractivity contribution in [1.29, 1.82) is 0 Å². The van der Waals surface area contributed by atoms with Crippen LogP contribution in [0.2, 0.25) is 0 Å². The van der Waals surface area contributed by atoms with Crippen molar-refractivity contribution < 1.29 is 0 Å². The molecule has 3 rings (SSSR count). The monoisotopic (exact) mass is 258 g/mol. The Morgan fingerprint density at radius 1 is 1.33 bits per heavy atom. The number of aryl methyl sites for hydroxylation is 1. The highest BCUT2D eigenvalue weighted by Crippen LogP contribution is 2.27. The van der Waals surface area contributed by atoms with Gasteiger partial charge in [0.05, 0.1) is 5.69 Å². The molecule has 1 N–H and O–H groups in total. The van der Waals surface area contributed by atoms with E-state index >= 15 is 0 Å². The molecule has 3 nitrogen and oxygen atoms in total. The molecule has 0 aliphatic carbocycles. The molecule has 0 amide bonds. The van der Waals surface area contributed by atoms with Gasteiger partial charge in [0, 0.05) is 22.6 Å². The highest BCUT2D eigenvalue weighted by atomic mass is 32.2. The molecular formula is C14H14N2OS. The van der Waals surface area contributed by atoms with Gasteiger partial charge in [-0.15, -0.1) is 0 Å². The van der Waals surface area contributed by atoms with Crippen LogP contribution in [0.5, 0.6) is 0 Å². The molecular weight excluding hydrogens is 244 g/mol. The zero-order chi connectivity index (χ0) is 12.5. The van der Waals surface area contributed by atoms with Gasteiger partial charge in [-0.25, -0.2) is 4.98 Å². The van der Waals surface area contributed by atoms with E-state index in [9.17, 15) is 4.79 Å². The molecule has 1 aromatic carbocycles. The van der Waals surface area contributed by atoms with E-state index in [2.05, 4.69) is 23.0 Å². The van der Waals surface area contributed by atoms with Crippen LogP contribution in [0, 0.1) is 0 Å². The normalized spacial score (nSPS) is 13.6. The third-order valence-corrected chi connectivity index (χ3v) is 4.21. The van der Waals surface area contributed by atoms with E-state index in [4.69, 9.17) is 0 Å². The maximum Gasteiger partial charge on any atom is 0.255 e. The molecule has 2 aromatic rings. The van der Waals surface area contributed by atoms with Gasteiger partial charge in [0.25, 0.3) is 5.56 Å². The van der Waals surface area contributed by atoms with Crippen molar-refractivity contribution in [3.8, 4) is 11.4 Å². The molecule has 0 radical (unpaired) electrons. The summed E-state index contributed by atoms with van der Waals surface area (Å²) in [7, 11) is 0. The quantitative estimate of drug-likeness (QED) is 0.901. The fourth-order valence-corrected chi connectivity index (χ4v) is 3.29. The number of aromatic nitrogens is 2. The summed E-state index contributed by atoms with van der Waals surface area (Å²) in [5.41, 5.74) is 4.07. The van der Waals surface area contributed by atoms with Gasteiger partial charge in [-0.1, -0.05) is 31.2 Å². The van der Waals surface area contributed by atoms with Gasteiger partial charge in [0.1, 0.15) is 5.82 Å².